The molecule has 1 unspecified atom stereocenters. The van der Waals surface area contributed by atoms with Crippen molar-refractivity contribution in [1.29, 1.82) is 0 Å². The van der Waals surface area contributed by atoms with Gasteiger partial charge in [-0.2, -0.15) is 0 Å². The molecule has 1 atom stereocenters. The van der Waals surface area contributed by atoms with Crippen LogP contribution in [0.15, 0.2) is 46.8 Å². The maximum Gasteiger partial charge on any atom is 0.322 e. The van der Waals surface area contributed by atoms with Gasteiger partial charge < -0.3 is 10.1 Å². The van der Waals surface area contributed by atoms with Gasteiger partial charge in [0.25, 0.3) is 0 Å². The van der Waals surface area contributed by atoms with Gasteiger partial charge in [0.15, 0.2) is 11.6 Å². The van der Waals surface area contributed by atoms with Crippen LogP contribution >= 0.6 is 11.3 Å². The van der Waals surface area contributed by atoms with Crippen molar-refractivity contribution in [3.63, 3.8) is 0 Å². The van der Waals surface area contributed by atoms with Crippen LogP contribution in [0.5, 0.6) is 0 Å². The molecule has 0 radical (unpaired) electrons. The summed E-state index contributed by atoms with van der Waals surface area (Å²) in [6.45, 7) is 0.605. The molecule has 3 heterocycles. The minimum atomic E-state index is -0.942. The number of benzene rings is 2. The third-order valence-corrected chi connectivity index (χ3v) is 6.50. The minimum absolute atomic E-state index is 0.135. The highest BCUT2D eigenvalue weighted by Gasteiger charge is 2.36. The van der Waals surface area contributed by atoms with E-state index in [0.717, 1.165) is 22.5 Å². The van der Waals surface area contributed by atoms with Crippen LogP contribution in [0.2, 0.25) is 0 Å². The Morgan fingerprint density at radius 1 is 1.23 bits per heavy atom. The molecule has 2 aliphatic heterocycles. The first-order valence-electron chi connectivity index (χ1n) is 9.84. The van der Waals surface area contributed by atoms with Crippen molar-refractivity contribution in [3.8, 4) is 11.1 Å². The van der Waals surface area contributed by atoms with E-state index >= 15 is 8.78 Å². The molecule has 2 aliphatic rings. The van der Waals surface area contributed by atoms with Crippen LogP contribution in [0.1, 0.15) is 22.0 Å². The SMILES string of the molecule is COCc1cc(-c2ccc(C3CNC(=O)N3c3ccc4c(c3)N=CC4)c(F)c2F)cs1. The summed E-state index contributed by atoms with van der Waals surface area (Å²) in [4.78, 5) is 19.3. The number of urea groups is 1. The first-order chi connectivity index (χ1) is 15.1. The highest BCUT2D eigenvalue weighted by atomic mass is 32.1. The van der Waals surface area contributed by atoms with Crippen molar-refractivity contribution in [2.45, 2.75) is 19.1 Å². The van der Waals surface area contributed by atoms with Crippen LogP contribution in [0, 0.1) is 11.6 Å². The Balaban J connectivity index is 1.50. The van der Waals surface area contributed by atoms with Crippen molar-refractivity contribution < 1.29 is 18.3 Å². The monoisotopic (exact) mass is 439 g/mol. The standard InChI is InChI=1S/C23H19F2N3O2S/c1-30-11-16-8-14(12-31-16)17-4-5-18(22(25)21(17)24)20-10-27-23(29)28(20)15-3-2-13-6-7-26-19(13)9-15/h2-5,7-9,12,20H,6,10-11H2,1H3,(H,27,29). The number of ether oxygens (including phenoxy) is 1. The summed E-state index contributed by atoms with van der Waals surface area (Å²) in [5, 5.41) is 4.52. The molecule has 0 spiro atoms. The number of hydrogen-bond acceptors (Lipinski definition) is 4. The number of nitrogens with zero attached hydrogens (tertiary/aromatic N) is 2. The van der Waals surface area contributed by atoms with E-state index in [0.29, 0.717) is 17.9 Å². The van der Waals surface area contributed by atoms with E-state index in [1.54, 1.807) is 30.7 Å². The highest BCUT2D eigenvalue weighted by molar-refractivity contribution is 7.10. The van der Waals surface area contributed by atoms with Gasteiger partial charge >= 0.3 is 6.03 Å². The van der Waals surface area contributed by atoms with E-state index in [2.05, 4.69) is 10.3 Å². The molecule has 1 saturated heterocycles. The van der Waals surface area contributed by atoms with Crippen molar-refractivity contribution in [3.05, 3.63) is 69.4 Å². The van der Waals surface area contributed by atoms with Crippen LogP contribution in [0.25, 0.3) is 11.1 Å². The van der Waals surface area contributed by atoms with Gasteiger partial charge in [-0.15, -0.1) is 11.3 Å². The lowest BCUT2D eigenvalue weighted by Crippen LogP contribution is -2.30. The number of carbonyl (C=O) groups excluding carboxylic acids is 1. The highest BCUT2D eigenvalue weighted by Crippen LogP contribution is 2.38. The predicted molar refractivity (Wildman–Crippen MR) is 117 cm³/mol. The fourth-order valence-corrected chi connectivity index (χ4v) is 4.92. The maximum absolute atomic E-state index is 15.2. The number of carbonyl (C=O) groups is 1. The number of amides is 2. The first kappa shape index (κ1) is 19.8. The Bertz CT molecular complexity index is 1210. The van der Waals surface area contributed by atoms with E-state index in [1.807, 2.05) is 24.4 Å². The average molecular weight is 439 g/mol. The number of hydrogen-bond donors (Lipinski definition) is 1. The molecular formula is C23H19F2N3O2S. The normalized spacial score (nSPS) is 17.3. The molecule has 31 heavy (non-hydrogen) atoms. The number of thiophene rings is 1. The molecule has 2 aromatic carbocycles. The number of nitrogens with one attached hydrogen (secondary N) is 1. The second-order valence-corrected chi connectivity index (χ2v) is 8.46. The van der Waals surface area contributed by atoms with Crippen LogP contribution in [-0.2, 0) is 17.8 Å². The van der Waals surface area contributed by atoms with E-state index in [4.69, 9.17) is 4.74 Å². The zero-order valence-electron chi connectivity index (χ0n) is 16.7. The summed E-state index contributed by atoms with van der Waals surface area (Å²) >= 11 is 1.43. The van der Waals surface area contributed by atoms with Gasteiger partial charge in [-0.1, -0.05) is 18.2 Å². The third-order valence-electron chi connectivity index (χ3n) is 5.59. The van der Waals surface area contributed by atoms with Gasteiger partial charge in [0, 0.05) is 48.0 Å². The quantitative estimate of drug-likeness (QED) is 0.581. The predicted octanol–water partition coefficient (Wildman–Crippen LogP) is 5.37. The Morgan fingerprint density at radius 2 is 2.10 bits per heavy atom. The zero-order chi connectivity index (χ0) is 21.5. The largest absolute Gasteiger partial charge is 0.379 e. The Kier molecular flexibility index (Phi) is 5.03. The molecule has 5 nitrogen and oxygen atoms in total. The van der Waals surface area contributed by atoms with Gasteiger partial charge in [-0.3, -0.25) is 9.89 Å². The first-order valence-corrected chi connectivity index (χ1v) is 10.7. The van der Waals surface area contributed by atoms with Crippen molar-refractivity contribution in [1.82, 2.24) is 5.32 Å². The molecule has 1 aromatic heterocycles. The molecule has 158 valence electrons. The summed E-state index contributed by atoms with van der Waals surface area (Å²) in [7, 11) is 1.59. The molecule has 1 fully saturated rings. The van der Waals surface area contributed by atoms with E-state index in [9.17, 15) is 4.79 Å². The van der Waals surface area contributed by atoms with Crippen molar-refractivity contribution in [2.75, 3.05) is 18.6 Å². The van der Waals surface area contributed by atoms with Gasteiger partial charge in [-0.25, -0.2) is 13.6 Å². The summed E-state index contributed by atoms with van der Waals surface area (Å²) in [5.74, 6) is -1.86. The molecule has 2 amide bonds. The van der Waals surface area contributed by atoms with E-state index < -0.39 is 17.7 Å². The molecular weight excluding hydrogens is 420 g/mol. The van der Waals surface area contributed by atoms with Crippen LogP contribution in [-0.4, -0.2) is 25.9 Å². The number of aliphatic imine (C=N–C) groups is 1. The molecule has 3 aromatic rings. The molecule has 0 bridgehead atoms. The van der Waals surface area contributed by atoms with Gasteiger partial charge in [-0.05, 0) is 34.7 Å². The fraction of sp³-hybridized carbons (Fsp3) is 0.217. The zero-order valence-corrected chi connectivity index (χ0v) is 17.5. The fourth-order valence-electron chi connectivity index (χ4n) is 4.07. The maximum atomic E-state index is 15.2. The smallest absolute Gasteiger partial charge is 0.322 e. The average Bonchev–Trinajstić information content (AvgIpc) is 3.50. The molecule has 0 aliphatic carbocycles. The number of halogens is 2. The summed E-state index contributed by atoms with van der Waals surface area (Å²) < 4.78 is 35.4. The Labute approximate surface area is 182 Å². The third kappa shape index (κ3) is 3.41. The molecule has 8 heteroatoms. The second kappa shape index (κ2) is 7.86. The van der Waals surface area contributed by atoms with Gasteiger partial charge in [0.05, 0.1) is 18.3 Å². The van der Waals surface area contributed by atoms with E-state index in [-0.39, 0.29) is 23.7 Å². The molecule has 0 saturated carbocycles. The number of anilines is 1. The summed E-state index contributed by atoms with van der Waals surface area (Å²) in [6.07, 6.45) is 2.56. The Hall–Kier alpha value is -3.10. The van der Waals surface area contributed by atoms with Crippen LogP contribution in [0.3, 0.4) is 0 Å². The second-order valence-electron chi connectivity index (χ2n) is 7.47. The lowest BCUT2D eigenvalue weighted by molar-refractivity contribution is 0.187. The van der Waals surface area contributed by atoms with Crippen molar-refractivity contribution in [2.24, 2.45) is 4.99 Å². The van der Waals surface area contributed by atoms with Crippen LogP contribution in [0.4, 0.5) is 25.0 Å². The van der Waals surface area contributed by atoms with Gasteiger partial charge in [0.1, 0.15) is 0 Å². The molecule has 5 rings (SSSR count). The number of fused-ring (bicyclic) bond motifs is 1. The molecule has 1 N–H and O–H groups in total. The van der Waals surface area contributed by atoms with Crippen LogP contribution < -0.4 is 10.2 Å². The lowest BCUT2D eigenvalue weighted by atomic mass is 9.99. The summed E-state index contributed by atoms with van der Waals surface area (Å²) in [6, 6.07) is 9.45. The topological polar surface area (TPSA) is 53.9 Å². The Morgan fingerprint density at radius 3 is 2.94 bits per heavy atom. The van der Waals surface area contributed by atoms with E-state index in [1.165, 1.54) is 16.2 Å². The number of rotatable bonds is 5. The van der Waals surface area contributed by atoms with Gasteiger partial charge in [0.2, 0.25) is 0 Å². The minimum Gasteiger partial charge on any atom is -0.379 e. The number of methoxy groups -OCH3 is 1. The lowest BCUT2D eigenvalue weighted by Gasteiger charge is -2.24. The summed E-state index contributed by atoms with van der Waals surface area (Å²) in [5.41, 5.74) is 3.40. The van der Waals surface area contributed by atoms with Crippen molar-refractivity contribution >= 4 is 35.0 Å².